The molecule has 16 heteroatoms. The quantitative estimate of drug-likeness (QED) is 0.151. The Morgan fingerprint density at radius 1 is 0.816 bits per heavy atom. The van der Waals surface area contributed by atoms with Crippen molar-refractivity contribution < 1.29 is 79.5 Å². The molecular weight excluding hydrogens is 668 g/mol. The standard InChI is InChI=1S/C14H25N4O6.C8H18NO3S.Gd/c19-12(20)9-16-3-1-15-2-4-17(10-13(21)22)6-8-18(7-5-16)11-14(23)24;1-4-5-6-9(7-8(2)10)13(3,11)12;/h1-11H2,(H,19,20)(H,21,22)(H,23,24);8,10H,2,4-7H2,1,3H3;/q-1;;+1. The molecule has 0 aliphatic carbocycles. The molecule has 38 heavy (non-hydrogen) atoms. The Labute approximate surface area is 245 Å². The molecule has 1 atom stereocenters. The summed E-state index contributed by atoms with van der Waals surface area (Å²) < 4.78 is 28.1. The average molecular weight is 711 g/mol. The first-order chi connectivity index (χ1) is 17.8. The Morgan fingerprint density at radius 2 is 1.21 bits per heavy atom. The summed E-state index contributed by atoms with van der Waals surface area (Å²) in [6, 6.07) is 0. The topological polar surface area (TPSA) is 182 Å². The molecule has 14 nitrogen and oxygen atoms in total. The number of aliphatic carboxylic acids is 3. The van der Waals surface area contributed by atoms with Crippen molar-refractivity contribution in [2.45, 2.75) is 28.1 Å². The van der Waals surface area contributed by atoms with Gasteiger partial charge in [0.25, 0.3) is 0 Å². The van der Waals surface area contributed by atoms with Gasteiger partial charge in [0.15, 0.2) is 0 Å². The first-order valence-electron chi connectivity index (χ1n) is 12.6. The molecule has 4 N–H and O–H groups in total. The molecule has 1 rings (SSSR count). The van der Waals surface area contributed by atoms with E-state index in [-0.39, 0.29) is 26.2 Å². The number of hydrogen-bond acceptors (Lipinski definition) is 10. The molecule has 1 aliphatic heterocycles. The van der Waals surface area contributed by atoms with Gasteiger partial charge in [0.1, 0.15) is 0 Å². The number of carboxylic acids is 3. The molecule has 0 amide bonds. The molecule has 0 aromatic heterocycles. The Balaban J connectivity index is 2.92. The summed E-state index contributed by atoms with van der Waals surface area (Å²) in [5.74, 6) is -2.98. The number of hydrogen-bond donors (Lipinski definition) is 4. The molecule has 1 aliphatic rings. The van der Waals surface area contributed by atoms with Crippen LogP contribution in [0.25, 0.3) is 0 Å². The van der Waals surface area contributed by atoms with Crippen LogP contribution in [0.2, 0.25) is 2.20 Å². The van der Waals surface area contributed by atoms with Gasteiger partial charge >= 0.3 is 247 Å². The fourth-order valence-corrected chi connectivity index (χ4v) is 7.27. The van der Waals surface area contributed by atoms with Gasteiger partial charge in [0.05, 0.1) is 0 Å². The average Bonchev–Trinajstić information content (AvgIpc) is 2.79. The van der Waals surface area contributed by atoms with Gasteiger partial charge in [-0.3, -0.25) is 0 Å². The molecule has 0 bridgehead atoms. The van der Waals surface area contributed by atoms with Crippen molar-refractivity contribution in [1.82, 2.24) is 20.1 Å². The Hall–Kier alpha value is -0.555. The SMILES string of the molecule is CCCCN(CC(O)[CH2][Gd][N]1CCN(CC(=O)O)CCN(CC(=O)O)CCN(CC(=O)O)CC1)S(C)(=O)=O. The molecule has 1 fully saturated rings. The first-order valence-corrected chi connectivity index (χ1v) is 17.0. The van der Waals surface area contributed by atoms with E-state index in [0.717, 1.165) is 12.7 Å². The Kier molecular flexibility index (Phi) is 17.5. The monoisotopic (exact) mass is 711 g/mol. The van der Waals surface area contributed by atoms with E-state index in [4.69, 9.17) is 0 Å². The maximum absolute atomic E-state index is 12.1. The minimum atomic E-state index is -3.44. The van der Waals surface area contributed by atoms with E-state index >= 15 is 0 Å². The molecule has 1 unspecified atom stereocenters. The summed E-state index contributed by atoms with van der Waals surface area (Å²) >= 11 is -1.07. The predicted molar refractivity (Wildman–Crippen MR) is 136 cm³/mol. The van der Waals surface area contributed by atoms with Crippen LogP contribution in [0.4, 0.5) is 0 Å². The number of rotatable bonds is 15. The zero-order valence-corrected chi connectivity index (χ0v) is 25.3. The number of aliphatic hydroxyl groups excluding tert-OH is 1. The molecule has 224 valence electrons. The first kappa shape index (κ1) is 35.5. The van der Waals surface area contributed by atoms with Crippen LogP contribution < -0.4 is 0 Å². The van der Waals surface area contributed by atoms with Gasteiger partial charge in [-0.05, 0) is 0 Å². The van der Waals surface area contributed by atoms with Gasteiger partial charge < -0.3 is 0 Å². The van der Waals surface area contributed by atoms with E-state index in [2.05, 4.69) is 1.10 Å². The summed E-state index contributed by atoms with van der Waals surface area (Å²) in [6.07, 6.45) is 1.84. The van der Waals surface area contributed by atoms with Crippen LogP contribution in [0.3, 0.4) is 0 Å². The van der Waals surface area contributed by atoms with Crippen LogP contribution in [-0.4, -0.2) is 164 Å². The zero-order chi connectivity index (χ0) is 28.7. The Morgan fingerprint density at radius 3 is 1.55 bits per heavy atom. The van der Waals surface area contributed by atoms with Gasteiger partial charge in [0.2, 0.25) is 0 Å². The minimum absolute atomic E-state index is 0.0232. The molecule has 0 aromatic rings. The van der Waals surface area contributed by atoms with Gasteiger partial charge in [-0.2, -0.15) is 0 Å². The molecule has 0 spiro atoms. The number of unbranched alkanes of at least 4 members (excludes halogenated alkanes) is 1. The summed E-state index contributed by atoms with van der Waals surface area (Å²) in [6.45, 7) is 4.95. The second kappa shape index (κ2) is 18.7. The molecule has 1 saturated heterocycles. The third kappa shape index (κ3) is 16.5. The van der Waals surface area contributed by atoms with E-state index in [1.54, 1.807) is 14.7 Å². The third-order valence-corrected chi connectivity index (χ3v) is 10.7. The molecule has 0 aromatic carbocycles. The van der Waals surface area contributed by atoms with Gasteiger partial charge in [-0.1, -0.05) is 0 Å². The van der Waals surface area contributed by atoms with Crippen molar-refractivity contribution in [3.8, 4) is 0 Å². The fourth-order valence-electron chi connectivity index (χ4n) is 3.84. The number of carboxylic acid groups (broad SMARTS) is 3. The van der Waals surface area contributed by atoms with Crippen molar-refractivity contribution in [2.24, 2.45) is 0 Å². The number of sulfonamides is 1. The summed E-state index contributed by atoms with van der Waals surface area (Å²) in [5.41, 5.74) is 0. The molecular formula is C22H43GdN5O9S. The van der Waals surface area contributed by atoms with E-state index in [1.165, 1.54) is 4.31 Å². The van der Waals surface area contributed by atoms with Crippen molar-refractivity contribution in [3.05, 3.63) is 0 Å². The van der Waals surface area contributed by atoms with E-state index in [9.17, 15) is 43.2 Å². The van der Waals surface area contributed by atoms with Crippen LogP contribution in [0.1, 0.15) is 19.8 Å². The van der Waals surface area contributed by atoms with Crippen LogP contribution in [0, 0.1) is 36.3 Å². The summed E-state index contributed by atoms with van der Waals surface area (Å²) in [7, 11) is -3.44. The molecule has 1 heterocycles. The summed E-state index contributed by atoms with van der Waals surface area (Å²) in [5, 5.41) is 38.5. The number of carbonyl (C=O) groups is 3. The van der Waals surface area contributed by atoms with Crippen LogP contribution in [-0.2, 0) is 24.4 Å². The zero-order valence-electron chi connectivity index (χ0n) is 22.2. The van der Waals surface area contributed by atoms with Crippen molar-refractivity contribution in [1.29, 1.82) is 0 Å². The van der Waals surface area contributed by atoms with Gasteiger partial charge in [0, 0.05) is 0 Å². The summed E-state index contributed by atoms with van der Waals surface area (Å²) in [4.78, 5) is 39.3. The number of aliphatic hydroxyl groups is 1. The van der Waals surface area contributed by atoms with Crippen molar-refractivity contribution >= 4 is 27.9 Å². The van der Waals surface area contributed by atoms with Crippen molar-refractivity contribution in [3.63, 3.8) is 0 Å². The second-order valence-corrected chi connectivity index (χ2v) is 14.3. The van der Waals surface area contributed by atoms with Crippen molar-refractivity contribution in [2.75, 3.05) is 91.3 Å². The fraction of sp³-hybridized carbons (Fsp3) is 0.864. The van der Waals surface area contributed by atoms with Crippen LogP contribution in [0.5, 0.6) is 0 Å². The predicted octanol–water partition coefficient (Wildman–Crippen LogP) is -1.70. The van der Waals surface area contributed by atoms with Gasteiger partial charge in [-0.15, -0.1) is 0 Å². The normalized spacial score (nSPS) is 19.2. The van der Waals surface area contributed by atoms with E-state index < -0.39 is 70.3 Å². The third-order valence-electron chi connectivity index (χ3n) is 5.88. The van der Waals surface area contributed by atoms with E-state index in [0.29, 0.717) is 67.5 Å². The van der Waals surface area contributed by atoms with E-state index in [1.807, 2.05) is 6.92 Å². The van der Waals surface area contributed by atoms with Crippen LogP contribution >= 0.6 is 0 Å². The number of nitrogens with zero attached hydrogens (tertiary/aromatic N) is 5. The Bertz CT molecular complexity index is 819. The van der Waals surface area contributed by atoms with Crippen LogP contribution in [0.15, 0.2) is 0 Å². The molecule has 0 radical (unpaired) electrons. The molecule has 0 saturated carbocycles. The second-order valence-electron chi connectivity index (χ2n) is 9.29. The maximum atomic E-state index is 12.1. The van der Waals surface area contributed by atoms with Gasteiger partial charge in [-0.25, -0.2) is 0 Å².